The van der Waals surface area contributed by atoms with E-state index in [1.54, 1.807) is 0 Å². The second-order valence-corrected chi connectivity index (χ2v) is 3.86. The number of carbonyl (C=O) groups excluding carboxylic acids is 1. The lowest BCUT2D eigenvalue weighted by atomic mass is 10.1. The monoisotopic (exact) mass is 268 g/mol. The maximum Gasteiger partial charge on any atom is 0.348 e. The molecule has 1 unspecified atom stereocenters. The van der Waals surface area contributed by atoms with E-state index in [0.29, 0.717) is 4.48 Å². The number of halogens is 1. The summed E-state index contributed by atoms with van der Waals surface area (Å²) in [6.45, 7) is 0. The molecular weight excluding hydrogens is 260 g/mol. The maximum absolute atomic E-state index is 11.3. The summed E-state index contributed by atoms with van der Waals surface area (Å²) in [7, 11) is 1.51. The molecule has 1 aliphatic rings. The molecule has 0 radical (unpaired) electrons. The van der Waals surface area contributed by atoms with Crippen LogP contribution in [0.3, 0.4) is 0 Å². The van der Waals surface area contributed by atoms with E-state index in [2.05, 4.69) is 15.9 Å². The van der Waals surface area contributed by atoms with Crippen molar-refractivity contribution < 1.29 is 14.3 Å². The van der Waals surface area contributed by atoms with Crippen LogP contribution >= 0.6 is 15.9 Å². The fraction of sp³-hybridized carbons (Fsp3) is 0.182. The molecule has 15 heavy (non-hydrogen) atoms. The largest absolute Gasteiger partial charge is 0.427 e. The van der Waals surface area contributed by atoms with Gasteiger partial charge in [-0.15, -0.1) is 0 Å². The molecule has 0 aliphatic carbocycles. The first kappa shape index (κ1) is 10.4. The second-order valence-electron chi connectivity index (χ2n) is 3.07. The molecule has 1 heterocycles. The third-order valence-corrected chi connectivity index (χ3v) is 2.92. The highest BCUT2D eigenvalue weighted by Crippen LogP contribution is 2.34. The summed E-state index contributed by atoms with van der Waals surface area (Å²) in [5, 5.41) is 0. The van der Waals surface area contributed by atoms with Crippen LogP contribution in [0.2, 0.25) is 0 Å². The Labute approximate surface area is 95.8 Å². The van der Waals surface area contributed by atoms with Crippen molar-refractivity contribution in [1.82, 2.24) is 0 Å². The number of rotatable bonds is 2. The number of ether oxygens (including phenoxy) is 2. The zero-order valence-electron chi connectivity index (χ0n) is 8.07. The highest BCUT2D eigenvalue weighted by molar-refractivity contribution is 9.12. The fourth-order valence-electron chi connectivity index (χ4n) is 1.47. The molecule has 0 saturated carbocycles. The lowest BCUT2D eigenvalue weighted by molar-refractivity contribution is -0.153. The number of carbonyl (C=O) groups is 1. The van der Waals surface area contributed by atoms with Gasteiger partial charge in [-0.1, -0.05) is 30.3 Å². The predicted molar refractivity (Wildman–Crippen MR) is 59.2 cm³/mol. The molecule has 2 rings (SSSR count). The summed E-state index contributed by atoms with van der Waals surface area (Å²) in [5.74, 6) is -0.388. The molecule has 1 aliphatic heterocycles. The Morgan fingerprint density at radius 2 is 2.00 bits per heavy atom. The molecule has 4 heteroatoms. The van der Waals surface area contributed by atoms with Crippen LogP contribution in [-0.2, 0) is 14.3 Å². The summed E-state index contributed by atoms with van der Waals surface area (Å²) in [5.41, 5.74) is 1.66. The average Bonchev–Trinajstić information content (AvgIpc) is 2.56. The Morgan fingerprint density at radius 3 is 2.60 bits per heavy atom. The normalized spacial score (nSPS) is 20.7. The van der Waals surface area contributed by atoms with Crippen molar-refractivity contribution in [3.05, 3.63) is 40.4 Å². The van der Waals surface area contributed by atoms with Crippen molar-refractivity contribution >= 4 is 27.5 Å². The zero-order chi connectivity index (χ0) is 10.8. The molecule has 0 amide bonds. The number of benzene rings is 1. The Bertz CT molecular complexity index is 411. The van der Waals surface area contributed by atoms with Gasteiger partial charge in [-0.05, 0) is 21.5 Å². The number of methoxy groups -OCH3 is 1. The molecule has 1 aromatic carbocycles. The van der Waals surface area contributed by atoms with Crippen LogP contribution in [0.5, 0.6) is 0 Å². The van der Waals surface area contributed by atoms with Crippen molar-refractivity contribution in [3.8, 4) is 0 Å². The number of hydrogen-bond donors (Lipinski definition) is 0. The summed E-state index contributed by atoms with van der Waals surface area (Å²) < 4.78 is 10.5. The Kier molecular flexibility index (Phi) is 2.88. The minimum atomic E-state index is -0.616. The van der Waals surface area contributed by atoms with Gasteiger partial charge in [-0.25, -0.2) is 4.79 Å². The van der Waals surface area contributed by atoms with Crippen LogP contribution in [-0.4, -0.2) is 19.4 Å². The molecular formula is C11H9BrO3. The first-order valence-electron chi connectivity index (χ1n) is 4.43. The second kappa shape index (κ2) is 4.16. The van der Waals surface area contributed by atoms with E-state index in [4.69, 9.17) is 9.47 Å². The quantitative estimate of drug-likeness (QED) is 0.773. The van der Waals surface area contributed by atoms with Crippen molar-refractivity contribution in [2.75, 3.05) is 7.11 Å². The number of esters is 1. The molecule has 0 fully saturated rings. The molecule has 0 aromatic heterocycles. The van der Waals surface area contributed by atoms with Gasteiger partial charge in [-0.3, -0.25) is 0 Å². The van der Waals surface area contributed by atoms with Crippen LogP contribution in [0.1, 0.15) is 5.56 Å². The number of hydrogen-bond acceptors (Lipinski definition) is 3. The van der Waals surface area contributed by atoms with Gasteiger partial charge in [0.25, 0.3) is 0 Å². The predicted octanol–water partition coefficient (Wildman–Crippen LogP) is 2.32. The molecule has 0 saturated heterocycles. The zero-order valence-corrected chi connectivity index (χ0v) is 9.65. The van der Waals surface area contributed by atoms with Gasteiger partial charge in [0.15, 0.2) is 0 Å². The topological polar surface area (TPSA) is 35.5 Å². The molecule has 3 nitrogen and oxygen atoms in total. The lowest BCUT2D eigenvalue weighted by Crippen LogP contribution is -2.13. The Balaban J connectivity index is 2.46. The first-order chi connectivity index (χ1) is 7.24. The Morgan fingerprint density at radius 1 is 1.33 bits per heavy atom. The molecule has 78 valence electrons. The fourth-order valence-corrected chi connectivity index (χ4v) is 1.98. The number of cyclic esters (lactones) is 1. The third kappa shape index (κ3) is 1.82. The first-order valence-corrected chi connectivity index (χ1v) is 5.22. The van der Waals surface area contributed by atoms with E-state index in [1.807, 2.05) is 30.3 Å². The third-order valence-electron chi connectivity index (χ3n) is 2.16. The van der Waals surface area contributed by atoms with Crippen LogP contribution < -0.4 is 0 Å². The highest BCUT2D eigenvalue weighted by Gasteiger charge is 2.33. The van der Waals surface area contributed by atoms with Crippen molar-refractivity contribution in [3.63, 3.8) is 0 Å². The summed E-state index contributed by atoms with van der Waals surface area (Å²) in [4.78, 5) is 11.3. The molecule has 0 N–H and O–H groups in total. The Hall–Kier alpha value is -1.13. The minimum Gasteiger partial charge on any atom is -0.427 e. The van der Waals surface area contributed by atoms with Crippen molar-refractivity contribution in [2.24, 2.45) is 0 Å². The van der Waals surface area contributed by atoms with E-state index in [-0.39, 0.29) is 5.97 Å². The van der Waals surface area contributed by atoms with E-state index < -0.39 is 6.29 Å². The van der Waals surface area contributed by atoms with Crippen molar-refractivity contribution in [1.29, 1.82) is 0 Å². The molecule has 0 spiro atoms. The van der Waals surface area contributed by atoms with E-state index in [9.17, 15) is 4.79 Å². The average molecular weight is 269 g/mol. The summed E-state index contributed by atoms with van der Waals surface area (Å²) in [6, 6.07) is 9.53. The molecule has 0 bridgehead atoms. The SMILES string of the molecule is COC1OC(=O)C(Br)=C1c1ccccc1. The van der Waals surface area contributed by atoms with E-state index in [1.165, 1.54) is 7.11 Å². The minimum absolute atomic E-state index is 0.388. The van der Waals surface area contributed by atoms with E-state index >= 15 is 0 Å². The molecule has 1 aromatic rings. The van der Waals surface area contributed by atoms with Gasteiger partial charge in [0.1, 0.15) is 4.48 Å². The van der Waals surface area contributed by atoms with Crippen LogP contribution in [0.15, 0.2) is 34.8 Å². The standard InChI is InChI=1S/C11H9BrO3/c1-14-11-8(9(12)10(13)15-11)7-5-3-2-4-6-7/h2-6,11H,1H3. The van der Waals surface area contributed by atoms with Crippen LogP contribution in [0.25, 0.3) is 5.57 Å². The van der Waals surface area contributed by atoms with Crippen LogP contribution in [0.4, 0.5) is 0 Å². The summed E-state index contributed by atoms with van der Waals surface area (Å²) >= 11 is 3.21. The van der Waals surface area contributed by atoms with Gasteiger partial charge < -0.3 is 9.47 Å². The van der Waals surface area contributed by atoms with Gasteiger partial charge in [0.2, 0.25) is 6.29 Å². The van der Waals surface area contributed by atoms with Gasteiger partial charge in [0, 0.05) is 12.7 Å². The van der Waals surface area contributed by atoms with Gasteiger partial charge in [0.05, 0.1) is 0 Å². The smallest absolute Gasteiger partial charge is 0.348 e. The van der Waals surface area contributed by atoms with Gasteiger partial charge in [-0.2, -0.15) is 0 Å². The lowest BCUT2D eigenvalue weighted by Gasteiger charge is -2.11. The van der Waals surface area contributed by atoms with Gasteiger partial charge >= 0.3 is 5.97 Å². The van der Waals surface area contributed by atoms with E-state index in [0.717, 1.165) is 11.1 Å². The summed E-state index contributed by atoms with van der Waals surface area (Å²) in [6.07, 6.45) is -0.616. The van der Waals surface area contributed by atoms with Crippen LogP contribution in [0, 0.1) is 0 Å². The molecule has 1 atom stereocenters. The maximum atomic E-state index is 11.3. The van der Waals surface area contributed by atoms with Crippen molar-refractivity contribution in [2.45, 2.75) is 6.29 Å². The highest BCUT2D eigenvalue weighted by atomic mass is 79.9.